The maximum atomic E-state index is 12.7. The number of nitrogens with zero attached hydrogens (tertiary/aromatic N) is 4. The molecule has 0 fully saturated rings. The second-order valence-electron chi connectivity index (χ2n) is 8.29. The summed E-state index contributed by atoms with van der Waals surface area (Å²) in [5.74, 6) is 1.15. The number of rotatable bonds is 9. The van der Waals surface area contributed by atoms with Crippen molar-refractivity contribution in [1.82, 2.24) is 19.7 Å². The first-order chi connectivity index (χ1) is 16.9. The van der Waals surface area contributed by atoms with Gasteiger partial charge in [-0.25, -0.2) is 0 Å². The second kappa shape index (κ2) is 11.1. The first-order valence-corrected chi connectivity index (χ1v) is 12.1. The number of thioether (sulfide) groups is 1. The highest BCUT2D eigenvalue weighted by atomic mass is 32.2. The molecule has 9 heteroatoms. The highest BCUT2D eigenvalue weighted by Gasteiger charge is 2.19. The number of amides is 2. The Morgan fingerprint density at radius 2 is 1.83 bits per heavy atom. The number of aryl methyl sites for hydroxylation is 2. The molecule has 0 bridgehead atoms. The van der Waals surface area contributed by atoms with Crippen molar-refractivity contribution in [1.29, 1.82) is 0 Å². The van der Waals surface area contributed by atoms with E-state index < -0.39 is 0 Å². The molecule has 4 aromatic rings. The van der Waals surface area contributed by atoms with Crippen LogP contribution in [0.25, 0.3) is 11.4 Å². The molecular formula is C26H27N5O3S. The molecule has 0 atom stereocenters. The molecule has 2 heterocycles. The Kier molecular flexibility index (Phi) is 7.67. The van der Waals surface area contributed by atoms with Gasteiger partial charge in [-0.05, 0) is 44.2 Å². The van der Waals surface area contributed by atoms with E-state index in [1.165, 1.54) is 16.7 Å². The van der Waals surface area contributed by atoms with Gasteiger partial charge >= 0.3 is 0 Å². The first-order valence-electron chi connectivity index (χ1n) is 11.1. The fourth-order valence-electron chi connectivity index (χ4n) is 3.47. The molecule has 0 spiro atoms. The van der Waals surface area contributed by atoms with Crippen molar-refractivity contribution in [3.8, 4) is 11.4 Å². The minimum absolute atomic E-state index is 0.0408. The lowest BCUT2D eigenvalue weighted by atomic mass is 10.1. The SMILES string of the molecule is Cc1ccc(NC(=O)CN(C)C(=O)CSc2nnc(-c3cccc(C)c3)n2Cc2ccco2)cc1. The van der Waals surface area contributed by atoms with Crippen LogP contribution in [0, 0.1) is 13.8 Å². The molecule has 2 aromatic heterocycles. The number of anilines is 1. The van der Waals surface area contributed by atoms with Crippen LogP contribution in [0.5, 0.6) is 0 Å². The van der Waals surface area contributed by atoms with Gasteiger partial charge in [0.2, 0.25) is 11.8 Å². The van der Waals surface area contributed by atoms with Gasteiger partial charge in [-0.15, -0.1) is 10.2 Å². The Balaban J connectivity index is 1.42. The zero-order valence-electron chi connectivity index (χ0n) is 19.9. The summed E-state index contributed by atoms with van der Waals surface area (Å²) >= 11 is 1.28. The minimum Gasteiger partial charge on any atom is -0.467 e. The third kappa shape index (κ3) is 6.39. The molecule has 0 saturated carbocycles. The van der Waals surface area contributed by atoms with Crippen molar-refractivity contribution in [2.45, 2.75) is 25.5 Å². The minimum atomic E-state index is -0.252. The van der Waals surface area contributed by atoms with Crippen LogP contribution in [0.15, 0.2) is 76.5 Å². The predicted molar refractivity (Wildman–Crippen MR) is 136 cm³/mol. The van der Waals surface area contributed by atoms with E-state index in [1.807, 2.05) is 79.1 Å². The van der Waals surface area contributed by atoms with Crippen molar-refractivity contribution in [3.63, 3.8) is 0 Å². The van der Waals surface area contributed by atoms with Gasteiger partial charge in [0.05, 0.1) is 25.1 Å². The smallest absolute Gasteiger partial charge is 0.243 e. The van der Waals surface area contributed by atoms with Crippen LogP contribution in [0.4, 0.5) is 5.69 Å². The predicted octanol–water partition coefficient (Wildman–Crippen LogP) is 4.39. The van der Waals surface area contributed by atoms with Crippen LogP contribution in [0.1, 0.15) is 16.9 Å². The lowest BCUT2D eigenvalue weighted by molar-refractivity contribution is -0.131. The van der Waals surface area contributed by atoms with E-state index in [-0.39, 0.29) is 24.1 Å². The lowest BCUT2D eigenvalue weighted by Crippen LogP contribution is -2.36. The van der Waals surface area contributed by atoms with Crippen LogP contribution in [0.3, 0.4) is 0 Å². The number of carbonyl (C=O) groups is 2. The maximum absolute atomic E-state index is 12.7. The van der Waals surface area contributed by atoms with E-state index in [0.29, 0.717) is 23.2 Å². The molecule has 2 aromatic carbocycles. The first kappa shape index (κ1) is 24.3. The van der Waals surface area contributed by atoms with Gasteiger partial charge in [0, 0.05) is 18.3 Å². The Morgan fingerprint density at radius 1 is 1.03 bits per heavy atom. The second-order valence-corrected chi connectivity index (χ2v) is 9.24. The van der Waals surface area contributed by atoms with E-state index in [9.17, 15) is 9.59 Å². The van der Waals surface area contributed by atoms with Crippen LogP contribution in [-0.4, -0.2) is 50.8 Å². The summed E-state index contributed by atoms with van der Waals surface area (Å²) in [7, 11) is 1.61. The normalized spacial score (nSPS) is 10.8. The lowest BCUT2D eigenvalue weighted by Gasteiger charge is -2.17. The van der Waals surface area contributed by atoms with Crippen LogP contribution >= 0.6 is 11.8 Å². The number of benzene rings is 2. The number of aromatic nitrogens is 3. The van der Waals surface area contributed by atoms with E-state index >= 15 is 0 Å². The van der Waals surface area contributed by atoms with Crippen molar-refractivity contribution < 1.29 is 14.0 Å². The molecule has 8 nitrogen and oxygen atoms in total. The Labute approximate surface area is 208 Å². The fraction of sp³-hybridized carbons (Fsp3) is 0.231. The van der Waals surface area contributed by atoms with Crippen LogP contribution in [0.2, 0.25) is 0 Å². The third-order valence-corrected chi connectivity index (χ3v) is 6.31. The summed E-state index contributed by atoms with van der Waals surface area (Å²) < 4.78 is 7.47. The topological polar surface area (TPSA) is 93.3 Å². The van der Waals surface area contributed by atoms with E-state index in [4.69, 9.17) is 4.42 Å². The fourth-order valence-corrected chi connectivity index (χ4v) is 4.35. The van der Waals surface area contributed by atoms with E-state index in [1.54, 1.807) is 13.3 Å². The summed E-state index contributed by atoms with van der Waals surface area (Å²) in [6.45, 7) is 4.40. The largest absolute Gasteiger partial charge is 0.467 e. The summed E-state index contributed by atoms with van der Waals surface area (Å²) in [5.41, 5.74) is 3.86. The van der Waals surface area contributed by atoms with E-state index in [2.05, 4.69) is 15.5 Å². The number of carbonyl (C=O) groups excluding carboxylic acids is 2. The third-order valence-electron chi connectivity index (χ3n) is 5.35. The van der Waals surface area contributed by atoms with Crippen molar-refractivity contribution in [2.75, 3.05) is 24.7 Å². The average molecular weight is 490 g/mol. The molecule has 0 saturated heterocycles. The van der Waals surface area contributed by atoms with Gasteiger partial charge in [-0.2, -0.15) is 0 Å². The maximum Gasteiger partial charge on any atom is 0.243 e. The molecular weight excluding hydrogens is 462 g/mol. The van der Waals surface area contributed by atoms with Crippen LogP contribution in [-0.2, 0) is 16.1 Å². The Morgan fingerprint density at radius 3 is 2.54 bits per heavy atom. The molecule has 0 aliphatic heterocycles. The number of hydrogen-bond donors (Lipinski definition) is 1. The highest BCUT2D eigenvalue weighted by Crippen LogP contribution is 2.26. The molecule has 0 unspecified atom stereocenters. The number of hydrogen-bond acceptors (Lipinski definition) is 6. The van der Waals surface area contributed by atoms with Crippen molar-refractivity contribution >= 4 is 29.3 Å². The van der Waals surface area contributed by atoms with Gasteiger partial charge in [0.15, 0.2) is 11.0 Å². The summed E-state index contributed by atoms with van der Waals surface area (Å²) in [6.07, 6.45) is 1.62. The average Bonchev–Trinajstić information content (AvgIpc) is 3.49. The molecule has 35 heavy (non-hydrogen) atoms. The number of likely N-dealkylation sites (N-methyl/N-ethyl adjacent to an activating group) is 1. The quantitative estimate of drug-likeness (QED) is 0.351. The molecule has 0 radical (unpaired) electrons. The van der Waals surface area contributed by atoms with Gasteiger partial charge in [-0.1, -0.05) is 53.2 Å². The van der Waals surface area contributed by atoms with E-state index in [0.717, 1.165) is 22.5 Å². The monoisotopic (exact) mass is 489 g/mol. The standard InChI is InChI=1S/C26H27N5O3S/c1-18-9-11-21(12-10-18)27-23(32)16-30(3)24(33)17-35-26-29-28-25(20-7-4-6-19(2)14-20)31(26)15-22-8-5-13-34-22/h4-14H,15-17H2,1-3H3,(H,27,32). The zero-order valence-corrected chi connectivity index (χ0v) is 20.7. The van der Waals surface area contributed by atoms with Gasteiger partial charge in [0.25, 0.3) is 0 Å². The molecule has 4 rings (SSSR count). The van der Waals surface area contributed by atoms with Crippen LogP contribution < -0.4 is 5.32 Å². The molecule has 1 N–H and O–H groups in total. The molecule has 2 amide bonds. The zero-order chi connectivity index (χ0) is 24.8. The van der Waals surface area contributed by atoms with Gasteiger partial charge in [-0.3, -0.25) is 14.2 Å². The molecule has 0 aliphatic carbocycles. The Bertz CT molecular complexity index is 1300. The number of furan rings is 1. The van der Waals surface area contributed by atoms with Crippen molar-refractivity contribution in [3.05, 3.63) is 83.8 Å². The van der Waals surface area contributed by atoms with Gasteiger partial charge in [0.1, 0.15) is 5.76 Å². The van der Waals surface area contributed by atoms with Crippen molar-refractivity contribution in [2.24, 2.45) is 0 Å². The molecule has 0 aliphatic rings. The molecule has 180 valence electrons. The summed E-state index contributed by atoms with van der Waals surface area (Å²) in [6, 6.07) is 19.3. The van der Waals surface area contributed by atoms with Gasteiger partial charge < -0.3 is 14.6 Å². The number of nitrogens with one attached hydrogen (secondary N) is 1. The summed E-state index contributed by atoms with van der Waals surface area (Å²) in [5, 5.41) is 12.1. The summed E-state index contributed by atoms with van der Waals surface area (Å²) in [4.78, 5) is 26.5. The Hall–Kier alpha value is -3.85. The highest BCUT2D eigenvalue weighted by molar-refractivity contribution is 7.99.